The molecule has 0 aliphatic rings. The Labute approximate surface area is 116 Å². The maximum absolute atomic E-state index is 13.1. The molecular weight excluding hydrogens is 339 g/mol. The molecule has 0 saturated heterocycles. The van der Waals surface area contributed by atoms with Gasteiger partial charge in [-0.3, -0.25) is 0 Å². The molecule has 0 N–H and O–H groups in total. The van der Waals surface area contributed by atoms with Crippen LogP contribution in [-0.2, 0) is 9.47 Å². The number of hydrogen-bond acceptors (Lipinski definition) is 2. The van der Waals surface area contributed by atoms with E-state index >= 15 is 0 Å². The van der Waals surface area contributed by atoms with Crippen LogP contribution in [0.3, 0.4) is 0 Å². The fraction of sp³-hybridized carbons (Fsp3) is 1.00. The Morgan fingerprint density at radius 1 is 0.810 bits per heavy atom. The molecule has 126 valence electrons. The summed E-state index contributed by atoms with van der Waals surface area (Å²) in [7, 11) is 1.60. The average Bonchev–Trinajstić information content (AvgIpc) is 2.32. The van der Waals surface area contributed by atoms with Gasteiger partial charge in [0.2, 0.25) is 0 Å². The van der Waals surface area contributed by atoms with Crippen molar-refractivity contribution in [1.82, 2.24) is 0 Å². The van der Waals surface area contributed by atoms with E-state index < -0.39 is 51.8 Å². The van der Waals surface area contributed by atoms with Gasteiger partial charge in [0.25, 0.3) is 0 Å². The topological polar surface area (TPSA) is 18.5 Å². The smallest absolute Gasteiger partial charge is 0.360 e. The van der Waals surface area contributed by atoms with E-state index in [0.717, 1.165) is 14.2 Å². The number of ether oxygens (including phenoxy) is 2. The van der Waals surface area contributed by atoms with Crippen molar-refractivity contribution in [2.45, 2.75) is 42.3 Å². The van der Waals surface area contributed by atoms with Crippen molar-refractivity contribution in [2.75, 3.05) is 14.2 Å². The van der Waals surface area contributed by atoms with Gasteiger partial charge < -0.3 is 9.47 Å². The highest BCUT2D eigenvalue weighted by atomic mass is 28.2. The second kappa shape index (κ2) is 6.73. The van der Waals surface area contributed by atoms with Crippen LogP contribution in [0.5, 0.6) is 0 Å². The minimum Gasteiger partial charge on any atom is -0.360 e. The highest BCUT2D eigenvalue weighted by Crippen LogP contribution is 2.54. The Bertz CT molecular complexity index is 328. The van der Waals surface area contributed by atoms with Gasteiger partial charge in [-0.1, -0.05) is 6.04 Å². The zero-order valence-corrected chi connectivity index (χ0v) is 11.7. The van der Waals surface area contributed by atoms with E-state index in [4.69, 9.17) is 0 Å². The second-order valence-electron chi connectivity index (χ2n) is 3.86. The third-order valence-corrected chi connectivity index (χ3v) is 3.73. The summed E-state index contributed by atoms with van der Waals surface area (Å²) in [5.74, 6) is -20.0. The van der Waals surface area contributed by atoms with Crippen molar-refractivity contribution < 1.29 is 49.0 Å². The lowest BCUT2D eigenvalue weighted by Crippen LogP contribution is -2.60. The van der Waals surface area contributed by atoms with Gasteiger partial charge >= 0.3 is 23.9 Å². The van der Waals surface area contributed by atoms with Gasteiger partial charge in [0.15, 0.2) is 0 Å². The van der Waals surface area contributed by atoms with E-state index in [1.165, 1.54) is 0 Å². The minimum atomic E-state index is -6.84. The molecule has 0 saturated carbocycles. The summed E-state index contributed by atoms with van der Waals surface area (Å²) in [4.78, 5) is 0. The number of rotatable bonds is 8. The van der Waals surface area contributed by atoms with E-state index in [-0.39, 0.29) is 0 Å². The number of alkyl halides is 9. The zero-order valence-electron chi connectivity index (χ0n) is 10.7. The second-order valence-corrected chi connectivity index (χ2v) is 5.24. The Hall–Kier alpha value is -0.493. The summed E-state index contributed by atoms with van der Waals surface area (Å²) < 4.78 is 122. The van der Waals surface area contributed by atoms with Crippen LogP contribution in [0, 0.1) is 0 Å². The zero-order chi connectivity index (χ0) is 17.1. The Morgan fingerprint density at radius 2 is 1.24 bits per heavy atom. The molecule has 0 bridgehead atoms. The van der Waals surface area contributed by atoms with E-state index in [2.05, 4.69) is 9.47 Å². The van der Waals surface area contributed by atoms with E-state index in [1.54, 1.807) is 0 Å². The fourth-order valence-electron chi connectivity index (χ4n) is 1.17. The summed E-state index contributed by atoms with van der Waals surface area (Å²) in [6, 6.07) is -0.775. The molecule has 0 atom stereocenters. The standard InChI is InChI=1S/C9H11F9O2Si/c1-19-5(20-2)21-4-3-6(10,11)7(12,13)8(14,15)9(16,17)18/h5H,3-4H2,1-2H3. The van der Waals surface area contributed by atoms with Crippen molar-refractivity contribution >= 4 is 9.52 Å². The predicted octanol–water partition coefficient (Wildman–Crippen LogP) is 3.54. The molecule has 2 nitrogen and oxygen atoms in total. The lowest BCUT2D eigenvalue weighted by Gasteiger charge is -2.33. The van der Waals surface area contributed by atoms with Crippen molar-refractivity contribution in [3.63, 3.8) is 0 Å². The molecule has 0 aliphatic carbocycles. The molecule has 0 aromatic rings. The van der Waals surface area contributed by atoms with Crippen LogP contribution in [0.25, 0.3) is 0 Å². The first-order chi connectivity index (χ1) is 9.24. The molecule has 0 spiro atoms. The first kappa shape index (κ1) is 20.5. The predicted molar refractivity (Wildman–Crippen MR) is 53.9 cm³/mol. The summed E-state index contributed by atoms with van der Waals surface area (Å²) in [5, 5.41) is 0. The first-order valence-electron chi connectivity index (χ1n) is 5.23. The van der Waals surface area contributed by atoms with Crippen molar-refractivity contribution in [1.29, 1.82) is 0 Å². The summed E-state index contributed by atoms with van der Waals surface area (Å²) >= 11 is 0. The average molecular weight is 350 g/mol. The summed E-state index contributed by atoms with van der Waals surface area (Å²) in [6.45, 7) is 0. The SMILES string of the molecule is COC(OC)[Si]CCC(F)(F)C(F)(F)C(F)(F)C(F)(F)F. The third kappa shape index (κ3) is 4.25. The molecule has 0 aliphatic heterocycles. The van der Waals surface area contributed by atoms with E-state index in [0.29, 0.717) is 0 Å². The lowest BCUT2D eigenvalue weighted by molar-refractivity contribution is -0.396. The summed E-state index contributed by atoms with van der Waals surface area (Å²) in [6.07, 6.45) is -8.66. The normalized spacial score (nSPS) is 14.9. The molecule has 21 heavy (non-hydrogen) atoms. The maximum atomic E-state index is 13.1. The largest absolute Gasteiger partial charge is 0.460 e. The third-order valence-electron chi connectivity index (χ3n) is 2.39. The van der Waals surface area contributed by atoms with Crippen LogP contribution in [0.15, 0.2) is 0 Å². The van der Waals surface area contributed by atoms with Crippen molar-refractivity contribution in [2.24, 2.45) is 0 Å². The Balaban J connectivity index is 4.96. The lowest BCUT2D eigenvalue weighted by atomic mass is 10.0. The van der Waals surface area contributed by atoms with Crippen molar-refractivity contribution in [3.05, 3.63) is 0 Å². The van der Waals surface area contributed by atoms with E-state index in [1.807, 2.05) is 0 Å². The highest BCUT2D eigenvalue weighted by Gasteiger charge is 2.81. The molecule has 0 heterocycles. The molecule has 0 unspecified atom stereocenters. The molecule has 2 radical (unpaired) electrons. The minimum absolute atomic E-state index is 0.638. The van der Waals surface area contributed by atoms with Crippen LogP contribution in [-0.4, -0.2) is 53.6 Å². The maximum Gasteiger partial charge on any atom is 0.460 e. The van der Waals surface area contributed by atoms with Gasteiger partial charge in [0, 0.05) is 20.6 Å². The van der Waals surface area contributed by atoms with Gasteiger partial charge in [-0.05, 0) is 0 Å². The monoisotopic (exact) mass is 350 g/mol. The quantitative estimate of drug-likeness (QED) is 0.379. The highest BCUT2D eigenvalue weighted by molar-refractivity contribution is 6.36. The Morgan fingerprint density at radius 3 is 1.57 bits per heavy atom. The van der Waals surface area contributed by atoms with Gasteiger partial charge in [0.05, 0.1) is 0 Å². The Kier molecular flexibility index (Phi) is 6.57. The van der Waals surface area contributed by atoms with Gasteiger partial charge in [-0.25, -0.2) is 0 Å². The molecule has 0 aromatic carbocycles. The van der Waals surface area contributed by atoms with Crippen LogP contribution in [0.4, 0.5) is 39.5 Å². The van der Waals surface area contributed by atoms with E-state index in [9.17, 15) is 39.5 Å². The molecule has 12 heteroatoms. The van der Waals surface area contributed by atoms with Gasteiger partial charge in [-0.15, -0.1) is 0 Å². The van der Waals surface area contributed by atoms with Crippen LogP contribution >= 0.6 is 0 Å². The summed E-state index contributed by atoms with van der Waals surface area (Å²) in [5.41, 5.74) is 0. The number of methoxy groups -OCH3 is 2. The van der Waals surface area contributed by atoms with Crippen molar-refractivity contribution in [3.8, 4) is 0 Å². The number of hydrogen-bond donors (Lipinski definition) is 0. The van der Waals surface area contributed by atoms with Gasteiger partial charge in [0.1, 0.15) is 15.4 Å². The molecular formula is C9H11F9O2Si. The molecule has 0 amide bonds. The van der Waals surface area contributed by atoms with Gasteiger partial charge in [-0.2, -0.15) is 39.5 Å². The molecule has 0 aromatic heterocycles. The molecule has 0 fully saturated rings. The van der Waals surface area contributed by atoms with Crippen LogP contribution in [0.2, 0.25) is 6.04 Å². The number of halogens is 9. The molecule has 0 rings (SSSR count). The first-order valence-corrected chi connectivity index (χ1v) is 6.52. The fourth-order valence-corrected chi connectivity index (χ4v) is 2.20. The van der Waals surface area contributed by atoms with Crippen LogP contribution < -0.4 is 0 Å². The van der Waals surface area contributed by atoms with Crippen LogP contribution in [0.1, 0.15) is 6.42 Å².